The van der Waals surface area contributed by atoms with Crippen molar-refractivity contribution in [2.24, 2.45) is 0 Å². The molecule has 1 N–H and O–H groups in total. The summed E-state index contributed by atoms with van der Waals surface area (Å²) in [5.41, 5.74) is 1.09. The van der Waals surface area contributed by atoms with Crippen molar-refractivity contribution in [1.29, 1.82) is 0 Å². The maximum absolute atomic E-state index is 12.7. The van der Waals surface area contributed by atoms with E-state index in [4.69, 9.17) is 0 Å². The fraction of sp³-hybridized carbons (Fsp3) is 0.200. The van der Waals surface area contributed by atoms with Gasteiger partial charge in [-0.05, 0) is 23.9 Å². The van der Waals surface area contributed by atoms with Crippen molar-refractivity contribution in [3.63, 3.8) is 0 Å². The number of nitrogens with zero attached hydrogens (tertiary/aromatic N) is 1. The SMILES string of the molecule is O=C1CCC(N2C(=O)c3cccc4cccc2c34)S(=O)(=O)N1. The number of anilines is 1. The molecule has 2 amide bonds. The van der Waals surface area contributed by atoms with Crippen molar-refractivity contribution in [3.05, 3.63) is 42.0 Å². The van der Waals surface area contributed by atoms with Gasteiger partial charge in [0.1, 0.15) is 0 Å². The fourth-order valence-corrected chi connectivity index (χ4v) is 4.65. The van der Waals surface area contributed by atoms with Gasteiger partial charge >= 0.3 is 0 Å². The quantitative estimate of drug-likeness (QED) is 0.861. The summed E-state index contributed by atoms with van der Waals surface area (Å²) in [6.45, 7) is 0. The van der Waals surface area contributed by atoms with E-state index in [1.807, 2.05) is 16.9 Å². The Kier molecular flexibility index (Phi) is 2.59. The molecule has 0 spiro atoms. The van der Waals surface area contributed by atoms with Crippen LogP contribution in [0.2, 0.25) is 0 Å². The van der Waals surface area contributed by atoms with E-state index in [2.05, 4.69) is 0 Å². The van der Waals surface area contributed by atoms with Gasteiger partial charge in [0, 0.05) is 17.4 Å². The molecule has 0 bridgehead atoms. The van der Waals surface area contributed by atoms with Gasteiger partial charge in [-0.15, -0.1) is 0 Å². The lowest BCUT2D eigenvalue weighted by Crippen LogP contribution is -2.53. The Labute approximate surface area is 126 Å². The second kappa shape index (κ2) is 4.30. The molecule has 22 heavy (non-hydrogen) atoms. The Morgan fingerprint density at radius 2 is 1.82 bits per heavy atom. The van der Waals surface area contributed by atoms with E-state index in [9.17, 15) is 18.0 Å². The van der Waals surface area contributed by atoms with E-state index in [1.165, 1.54) is 4.90 Å². The highest BCUT2D eigenvalue weighted by Gasteiger charge is 2.43. The Morgan fingerprint density at radius 1 is 1.09 bits per heavy atom. The summed E-state index contributed by atoms with van der Waals surface area (Å²) in [6.07, 6.45) is 0.185. The zero-order valence-electron chi connectivity index (χ0n) is 11.4. The number of hydrogen-bond donors (Lipinski definition) is 1. The number of carbonyl (C=O) groups excluding carboxylic acids is 2. The van der Waals surface area contributed by atoms with Crippen LogP contribution in [0, 0.1) is 0 Å². The van der Waals surface area contributed by atoms with Gasteiger partial charge in [0.25, 0.3) is 15.9 Å². The zero-order valence-corrected chi connectivity index (χ0v) is 12.3. The number of benzene rings is 2. The van der Waals surface area contributed by atoms with E-state index in [0.29, 0.717) is 11.3 Å². The number of sulfonamides is 1. The molecule has 0 saturated carbocycles. The van der Waals surface area contributed by atoms with Crippen molar-refractivity contribution < 1.29 is 18.0 Å². The average Bonchev–Trinajstić information content (AvgIpc) is 2.74. The predicted octanol–water partition coefficient (Wildman–Crippen LogP) is 1.37. The highest BCUT2D eigenvalue weighted by atomic mass is 32.2. The summed E-state index contributed by atoms with van der Waals surface area (Å²) < 4.78 is 26.5. The number of carbonyl (C=O) groups is 2. The summed E-state index contributed by atoms with van der Waals surface area (Å²) in [7, 11) is -3.90. The van der Waals surface area contributed by atoms with E-state index in [-0.39, 0.29) is 18.7 Å². The summed E-state index contributed by atoms with van der Waals surface area (Å²) in [5, 5.41) is 0.598. The Balaban J connectivity index is 1.91. The number of amides is 2. The van der Waals surface area contributed by atoms with Crippen LogP contribution in [0.3, 0.4) is 0 Å². The topological polar surface area (TPSA) is 83.6 Å². The standard InChI is InChI=1S/C15H12N2O4S/c18-12-7-8-13(22(20,21)16-12)17-11-6-2-4-9-3-1-5-10(14(9)11)15(17)19/h1-6,13H,7-8H2,(H,16,18). The molecular weight excluding hydrogens is 304 g/mol. The Hall–Kier alpha value is -2.41. The monoisotopic (exact) mass is 316 g/mol. The molecule has 1 atom stereocenters. The van der Waals surface area contributed by atoms with Gasteiger partial charge in [-0.25, -0.2) is 8.42 Å². The van der Waals surface area contributed by atoms with Gasteiger partial charge in [-0.1, -0.05) is 24.3 Å². The average molecular weight is 316 g/mol. The van der Waals surface area contributed by atoms with Crippen LogP contribution in [0.5, 0.6) is 0 Å². The first kappa shape index (κ1) is 13.3. The van der Waals surface area contributed by atoms with Crippen molar-refractivity contribution in [2.75, 3.05) is 4.90 Å². The van der Waals surface area contributed by atoms with Gasteiger partial charge in [-0.2, -0.15) is 0 Å². The van der Waals surface area contributed by atoms with Crippen molar-refractivity contribution >= 4 is 38.3 Å². The van der Waals surface area contributed by atoms with Crippen LogP contribution >= 0.6 is 0 Å². The van der Waals surface area contributed by atoms with Crippen LogP contribution in [0.25, 0.3) is 10.8 Å². The van der Waals surface area contributed by atoms with Crippen molar-refractivity contribution in [3.8, 4) is 0 Å². The molecule has 2 aromatic rings. The van der Waals surface area contributed by atoms with E-state index >= 15 is 0 Å². The molecule has 2 aromatic carbocycles. The summed E-state index contributed by atoms with van der Waals surface area (Å²) in [6, 6.07) is 10.8. The molecule has 2 aliphatic rings. The van der Waals surface area contributed by atoms with Crippen LogP contribution in [0.1, 0.15) is 23.2 Å². The van der Waals surface area contributed by atoms with Crippen LogP contribution in [0.4, 0.5) is 5.69 Å². The van der Waals surface area contributed by atoms with Gasteiger partial charge < -0.3 is 0 Å². The van der Waals surface area contributed by atoms with Crippen LogP contribution in [-0.2, 0) is 14.8 Å². The molecule has 6 nitrogen and oxygen atoms in total. The Morgan fingerprint density at radius 3 is 2.55 bits per heavy atom. The van der Waals surface area contributed by atoms with Crippen LogP contribution < -0.4 is 9.62 Å². The van der Waals surface area contributed by atoms with Gasteiger partial charge in [0.15, 0.2) is 5.37 Å². The van der Waals surface area contributed by atoms with Crippen molar-refractivity contribution in [2.45, 2.75) is 18.2 Å². The predicted molar refractivity (Wildman–Crippen MR) is 80.8 cm³/mol. The number of hydrogen-bond acceptors (Lipinski definition) is 4. The molecule has 4 rings (SSSR count). The van der Waals surface area contributed by atoms with E-state index in [0.717, 1.165) is 10.8 Å². The minimum Gasteiger partial charge on any atom is -0.288 e. The highest BCUT2D eigenvalue weighted by Crippen LogP contribution is 2.40. The number of nitrogens with one attached hydrogen (secondary N) is 1. The van der Waals surface area contributed by atoms with E-state index in [1.54, 1.807) is 24.3 Å². The molecule has 2 aliphatic heterocycles. The second-order valence-corrected chi connectivity index (χ2v) is 7.26. The molecule has 1 fully saturated rings. The molecular formula is C15H12N2O4S. The number of rotatable bonds is 1. The maximum Gasteiger partial charge on any atom is 0.260 e. The first-order valence-corrected chi connectivity index (χ1v) is 8.43. The van der Waals surface area contributed by atoms with Crippen molar-refractivity contribution in [1.82, 2.24) is 4.72 Å². The first-order valence-electron chi connectivity index (χ1n) is 6.89. The third-order valence-electron chi connectivity index (χ3n) is 4.11. The lowest BCUT2D eigenvalue weighted by atomic mass is 10.1. The summed E-state index contributed by atoms with van der Waals surface area (Å²) >= 11 is 0. The van der Waals surface area contributed by atoms with E-state index < -0.39 is 21.3 Å². The highest BCUT2D eigenvalue weighted by molar-refractivity contribution is 7.90. The second-order valence-electron chi connectivity index (χ2n) is 5.42. The molecule has 0 radical (unpaired) electrons. The summed E-state index contributed by atoms with van der Waals surface area (Å²) in [5.74, 6) is -0.866. The third kappa shape index (κ3) is 1.69. The molecule has 112 valence electrons. The largest absolute Gasteiger partial charge is 0.288 e. The van der Waals surface area contributed by atoms with Crippen LogP contribution in [-0.4, -0.2) is 25.6 Å². The summed E-state index contributed by atoms with van der Waals surface area (Å²) in [4.78, 5) is 25.3. The molecule has 1 saturated heterocycles. The zero-order chi connectivity index (χ0) is 15.5. The molecule has 2 heterocycles. The lowest BCUT2D eigenvalue weighted by molar-refractivity contribution is -0.119. The van der Waals surface area contributed by atoms with Crippen LogP contribution in [0.15, 0.2) is 36.4 Å². The minimum atomic E-state index is -3.90. The van der Waals surface area contributed by atoms with Gasteiger partial charge in [0.2, 0.25) is 5.91 Å². The first-order chi connectivity index (χ1) is 10.5. The maximum atomic E-state index is 12.7. The normalized spacial score (nSPS) is 22.9. The molecule has 0 aliphatic carbocycles. The fourth-order valence-electron chi connectivity index (χ4n) is 3.18. The minimum absolute atomic E-state index is 0.0833. The third-order valence-corrected chi connectivity index (χ3v) is 5.79. The van der Waals surface area contributed by atoms with Gasteiger partial charge in [0.05, 0.1) is 5.69 Å². The Bertz CT molecular complexity index is 930. The smallest absolute Gasteiger partial charge is 0.260 e. The molecule has 1 unspecified atom stereocenters. The molecule has 0 aromatic heterocycles. The lowest BCUT2D eigenvalue weighted by Gasteiger charge is -2.31. The van der Waals surface area contributed by atoms with Gasteiger partial charge in [-0.3, -0.25) is 19.2 Å². The molecule has 7 heteroatoms.